The summed E-state index contributed by atoms with van der Waals surface area (Å²) in [6.07, 6.45) is 1.99. The highest BCUT2D eigenvalue weighted by atomic mass is 35.5. The third kappa shape index (κ3) is 2.92. The number of fused-ring (bicyclic) bond motifs is 1. The van der Waals surface area contributed by atoms with Gasteiger partial charge in [-0.2, -0.15) is 0 Å². The first-order chi connectivity index (χ1) is 11.4. The van der Waals surface area contributed by atoms with Gasteiger partial charge in [0.25, 0.3) is 5.56 Å². The van der Waals surface area contributed by atoms with E-state index in [-0.39, 0.29) is 5.56 Å². The van der Waals surface area contributed by atoms with Crippen LogP contribution < -0.4 is 5.56 Å². The Kier molecular flexibility index (Phi) is 4.62. The fourth-order valence-electron chi connectivity index (χ4n) is 2.54. The SMILES string of the molecule is CCc1sc2ncn(CC(=O)O)c(=O)c2c1-c1ccc(Cl)c(Cl)c1. The summed E-state index contributed by atoms with van der Waals surface area (Å²) in [4.78, 5) is 29.5. The highest BCUT2D eigenvalue weighted by molar-refractivity contribution is 7.19. The normalized spacial score (nSPS) is 11.1. The number of carboxylic acids is 1. The maximum atomic E-state index is 12.7. The number of carbonyl (C=O) groups is 1. The lowest BCUT2D eigenvalue weighted by atomic mass is 10.0. The lowest BCUT2D eigenvalue weighted by Gasteiger charge is -2.06. The minimum Gasteiger partial charge on any atom is -0.480 e. The number of hydrogen-bond acceptors (Lipinski definition) is 4. The Morgan fingerprint density at radius 1 is 1.33 bits per heavy atom. The van der Waals surface area contributed by atoms with E-state index in [1.54, 1.807) is 18.2 Å². The number of aliphatic carboxylic acids is 1. The van der Waals surface area contributed by atoms with Gasteiger partial charge in [0, 0.05) is 10.4 Å². The van der Waals surface area contributed by atoms with Crippen molar-refractivity contribution in [2.24, 2.45) is 0 Å². The predicted octanol–water partition coefficient (Wildman–Crippen LogP) is 4.08. The molecule has 0 amide bonds. The number of aryl methyl sites for hydroxylation is 1. The highest BCUT2D eigenvalue weighted by Gasteiger charge is 2.19. The van der Waals surface area contributed by atoms with E-state index >= 15 is 0 Å². The Balaban J connectivity index is 2.34. The van der Waals surface area contributed by atoms with Gasteiger partial charge in [-0.05, 0) is 24.1 Å². The molecule has 124 valence electrons. The maximum absolute atomic E-state index is 12.7. The van der Waals surface area contributed by atoms with Crippen LogP contribution >= 0.6 is 34.5 Å². The molecule has 0 saturated carbocycles. The third-order valence-corrected chi connectivity index (χ3v) is 5.57. The summed E-state index contributed by atoms with van der Waals surface area (Å²) in [7, 11) is 0. The van der Waals surface area contributed by atoms with Crippen molar-refractivity contribution in [2.75, 3.05) is 0 Å². The fourth-order valence-corrected chi connectivity index (χ4v) is 3.93. The molecule has 0 unspecified atom stereocenters. The van der Waals surface area contributed by atoms with Crippen LogP contribution in [0.25, 0.3) is 21.3 Å². The van der Waals surface area contributed by atoms with Crippen molar-refractivity contribution in [2.45, 2.75) is 19.9 Å². The Labute approximate surface area is 151 Å². The minimum atomic E-state index is -1.10. The topological polar surface area (TPSA) is 72.2 Å². The molecule has 1 aromatic carbocycles. The molecular formula is C16H12Cl2N2O3S. The zero-order valence-electron chi connectivity index (χ0n) is 12.5. The minimum absolute atomic E-state index is 0.376. The molecule has 5 nitrogen and oxygen atoms in total. The van der Waals surface area contributed by atoms with Crippen molar-refractivity contribution < 1.29 is 9.90 Å². The molecule has 0 spiro atoms. The monoisotopic (exact) mass is 382 g/mol. The zero-order valence-corrected chi connectivity index (χ0v) is 14.9. The molecule has 0 bridgehead atoms. The predicted molar refractivity (Wildman–Crippen MR) is 96.3 cm³/mol. The Morgan fingerprint density at radius 3 is 2.71 bits per heavy atom. The molecule has 8 heteroatoms. The zero-order chi connectivity index (χ0) is 17.4. The molecule has 2 aromatic heterocycles. The number of thiophene rings is 1. The first-order valence-electron chi connectivity index (χ1n) is 7.10. The van der Waals surface area contributed by atoms with Crippen LogP contribution in [0.1, 0.15) is 11.8 Å². The third-order valence-electron chi connectivity index (χ3n) is 3.59. The van der Waals surface area contributed by atoms with Gasteiger partial charge in [-0.1, -0.05) is 36.2 Å². The molecular weight excluding hydrogens is 371 g/mol. The summed E-state index contributed by atoms with van der Waals surface area (Å²) in [5.74, 6) is -1.10. The van der Waals surface area contributed by atoms with E-state index in [9.17, 15) is 9.59 Å². The first-order valence-corrected chi connectivity index (χ1v) is 8.67. The molecule has 0 fully saturated rings. The van der Waals surface area contributed by atoms with Gasteiger partial charge in [0.2, 0.25) is 0 Å². The van der Waals surface area contributed by atoms with Crippen molar-refractivity contribution in [3.63, 3.8) is 0 Å². The van der Waals surface area contributed by atoms with Crippen LogP contribution in [-0.2, 0) is 17.8 Å². The average Bonchev–Trinajstić information content (AvgIpc) is 2.92. The van der Waals surface area contributed by atoms with Crippen LogP contribution in [0.4, 0.5) is 0 Å². The van der Waals surface area contributed by atoms with Crippen molar-refractivity contribution >= 4 is 50.7 Å². The first kappa shape index (κ1) is 17.0. The molecule has 3 rings (SSSR count). The Hall–Kier alpha value is -1.89. The van der Waals surface area contributed by atoms with E-state index in [1.807, 2.05) is 6.92 Å². The molecule has 0 aliphatic carbocycles. The molecule has 24 heavy (non-hydrogen) atoms. The van der Waals surface area contributed by atoms with E-state index in [0.717, 1.165) is 27.0 Å². The van der Waals surface area contributed by atoms with Crippen LogP contribution in [0.2, 0.25) is 10.0 Å². The average molecular weight is 383 g/mol. The Morgan fingerprint density at radius 2 is 2.08 bits per heavy atom. The largest absolute Gasteiger partial charge is 0.480 e. The van der Waals surface area contributed by atoms with E-state index in [4.69, 9.17) is 28.3 Å². The summed E-state index contributed by atoms with van der Waals surface area (Å²) >= 11 is 13.5. The standard InChI is InChI=1S/C16H12Cl2N2O3S/c1-2-11-13(8-3-4-9(17)10(18)5-8)14-15(24-11)19-7-20(16(14)23)6-12(21)22/h3-5,7H,2,6H2,1H3,(H,21,22). The number of nitrogens with zero attached hydrogens (tertiary/aromatic N) is 2. The van der Waals surface area contributed by atoms with E-state index in [0.29, 0.717) is 20.3 Å². The summed E-state index contributed by atoms with van der Waals surface area (Å²) in [6.45, 7) is 1.56. The van der Waals surface area contributed by atoms with Gasteiger partial charge >= 0.3 is 5.97 Å². The summed E-state index contributed by atoms with van der Waals surface area (Å²) in [5.41, 5.74) is 1.13. The van der Waals surface area contributed by atoms with Crippen molar-refractivity contribution in [3.05, 3.63) is 49.8 Å². The van der Waals surface area contributed by atoms with Crippen LogP contribution in [0.3, 0.4) is 0 Å². The second kappa shape index (κ2) is 6.55. The van der Waals surface area contributed by atoms with Crippen molar-refractivity contribution in [1.29, 1.82) is 0 Å². The van der Waals surface area contributed by atoms with Crippen molar-refractivity contribution in [1.82, 2.24) is 9.55 Å². The Bertz CT molecular complexity index is 1010. The number of halogens is 2. The van der Waals surface area contributed by atoms with E-state index in [1.165, 1.54) is 17.7 Å². The van der Waals surface area contributed by atoms with Crippen LogP contribution in [0.15, 0.2) is 29.3 Å². The summed E-state index contributed by atoms with van der Waals surface area (Å²) < 4.78 is 1.10. The van der Waals surface area contributed by atoms with Crippen LogP contribution in [0.5, 0.6) is 0 Å². The quantitative estimate of drug-likeness (QED) is 0.737. The molecule has 0 saturated heterocycles. The molecule has 3 aromatic rings. The van der Waals surface area contributed by atoms with Gasteiger partial charge in [0.15, 0.2) is 0 Å². The van der Waals surface area contributed by atoms with Crippen LogP contribution in [-0.4, -0.2) is 20.6 Å². The summed E-state index contributed by atoms with van der Waals surface area (Å²) in [6, 6.07) is 5.18. The lowest BCUT2D eigenvalue weighted by molar-refractivity contribution is -0.137. The fraction of sp³-hybridized carbons (Fsp3) is 0.188. The molecule has 1 N–H and O–H groups in total. The van der Waals surface area contributed by atoms with Gasteiger partial charge in [-0.25, -0.2) is 4.98 Å². The van der Waals surface area contributed by atoms with Gasteiger partial charge in [0.05, 0.1) is 21.8 Å². The van der Waals surface area contributed by atoms with Crippen molar-refractivity contribution in [3.8, 4) is 11.1 Å². The van der Waals surface area contributed by atoms with Crippen LogP contribution in [0, 0.1) is 0 Å². The lowest BCUT2D eigenvalue weighted by Crippen LogP contribution is -2.24. The second-order valence-electron chi connectivity index (χ2n) is 5.13. The van der Waals surface area contributed by atoms with E-state index < -0.39 is 12.5 Å². The maximum Gasteiger partial charge on any atom is 0.323 e. The van der Waals surface area contributed by atoms with Gasteiger partial charge in [0.1, 0.15) is 11.4 Å². The molecule has 0 atom stereocenters. The number of hydrogen-bond donors (Lipinski definition) is 1. The number of carboxylic acid groups (broad SMARTS) is 1. The molecule has 0 radical (unpaired) electrons. The smallest absolute Gasteiger partial charge is 0.323 e. The molecule has 0 aliphatic rings. The molecule has 2 heterocycles. The number of benzene rings is 1. The second-order valence-corrected chi connectivity index (χ2v) is 7.03. The summed E-state index contributed by atoms with van der Waals surface area (Å²) in [5, 5.41) is 10.2. The number of aromatic nitrogens is 2. The van der Waals surface area contributed by atoms with E-state index in [2.05, 4.69) is 4.98 Å². The number of rotatable bonds is 4. The van der Waals surface area contributed by atoms with Gasteiger partial charge in [-0.3, -0.25) is 14.2 Å². The van der Waals surface area contributed by atoms with Gasteiger partial charge < -0.3 is 5.11 Å². The van der Waals surface area contributed by atoms with Gasteiger partial charge in [-0.15, -0.1) is 11.3 Å². The molecule has 0 aliphatic heterocycles. The highest BCUT2D eigenvalue weighted by Crippen LogP contribution is 2.38.